The second kappa shape index (κ2) is 52.9. The van der Waals surface area contributed by atoms with Gasteiger partial charge in [0.25, 0.3) is 0 Å². The van der Waals surface area contributed by atoms with Gasteiger partial charge in [0.15, 0.2) is 6.10 Å². The van der Waals surface area contributed by atoms with Crippen LogP contribution in [0.25, 0.3) is 0 Å². The second-order valence-corrected chi connectivity index (χ2v) is 17.9. The molecule has 62 heavy (non-hydrogen) atoms. The van der Waals surface area contributed by atoms with Crippen molar-refractivity contribution in [3.63, 3.8) is 0 Å². The van der Waals surface area contributed by atoms with Crippen LogP contribution in [0.2, 0.25) is 0 Å². The molecule has 1 atom stereocenters. The number of carbonyl (C=O) groups is 2. The van der Waals surface area contributed by atoms with Crippen molar-refractivity contribution < 1.29 is 24.2 Å². The van der Waals surface area contributed by atoms with E-state index in [0.29, 0.717) is 12.8 Å². The lowest BCUT2D eigenvalue weighted by Crippen LogP contribution is -2.28. The number of rotatable bonds is 49. The van der Waals surface area contributed by atoms with Crippen molar-refractivity contribution in [2.75, 3.05) is 13.2 Å². The van der Waals surface area contributed by atoms with E-state index in [1.54, 1.807) is 0 Å². The quantitative estimate of drug-likeness (QED) is 0.0375. The zero-order chi connectivity index (χ0) is 44.9. The number of unbranched alkanes of at least 4 members (excludes halogenated alkanes) is 31. The number of aliphatic hydroxyl groups excluding tert-OH is 1. The number of hydrogen-bond acceptors (Lipinski definition) is 5. The number of allylic oxidation sites excluding steroid dienone is 10. The van der Waals surface area contributed by atoms with Gasteiger partial charge in [-0.05, 0) is 83.5 Å². The maximum atomic E-state index is 12.3. The summed E-state index contributed by atoms with van der Waals surface area (Å²) in [7, 11) is 0. The Bertz CT molecular complexity index is 1070. The lowest BCUT2D eigenvalue weighted by Gasteiger charge is -2.15. The fourth-order valence-corrected chi connectivity index (χ4v) is 7.71. The molecule has 0 saturated heterocycles. The number of carbonyl (C=O) groups excluding carboxylic acids is 2. The van der Waals surface area contributed by atoms with Crippen molar-refractivity contribution in [1.29, 1.82) is 0 Å². The van der Waals surface area contributed by atoms with Gasteiger partial charge in [-0.25, -0.2) is 0 Å². The SMILES string of the molecule is CCCCC/C=C\C/C=C\C/C=C\CCCCCCCCC(=O)OC(CO)COC(=O)CCCCCCCCCCCCCCCCCCC/C=C\C/C=C\CCCCCCC. The Labute approximate surface area is 385 Å². The van der Waals surface area contributed by atoms with E-state index < -0.39 is 6.10 Å². The summed E-state index contributed by atoms with van der Waals surface area (Å²) in [5.74, 6) is -0.598. The molecule has 0 heterocycles. The molecule has 5 heteroatoms. The fourth-order valence-electron chi connectivity index (χ4n) is 7.71. The Hall–Kier alpha value is -2.40. The Morgan fingerprint density at radius 3 is 1.00 bits per heavy atom. The average Bonchev–Trinajstić information content (AvgIpc) is 3.28. The Morgan fingerprint density at radius 2 is 0.645 bits per heavy atom. The average molecular weight is 867 g/mol. The van der Waals surface area contributed by atoms with E-state index in [-0.39, 0.29) is 25.2 Å². The third-order valence-corrected chi connectivity index (χ3v) is 11.8. The molecular formula is C57H102O5. The highest BCUT2D eigenvalue weighted by Gasteiger charge is 2.16. The number of hydrogen-bond donors (Lipinski definition) is 1. The van der Waals surface area contributed by atoms with E-state index in [4.69, 9.17) is 9.47 Å². The Balaban J connectivity index is 3.48. The van der Waals surface area contributed by atoms with Crippen LogP contribution in [0.15, 0.2) is 60.8 Å². The molecule has 0 aliphatic carbocycles. The van der Waals surface area contributed by atoms with E-state index in [1.165, 1.54) is 180 Å². The van der Waals surface area contributed by atoms with Gasteiger partial charge in [-0.3, -0.25) is 9.59 Å². The second-order valence-electron chi connectivity index (χ2n) is 17.9. The van der Waals surface area contributed by atoms with Crippen molar-refractivity contribution in [1.82, 2.24) is 0 Å². The zero-order valence-electron chi connectivity index (χ0n) is 41.1. The van der Waals surface area contributed by atoms with Gasteiger partial charge in [-0.1, -0.05) is 235 Å². The Morgan fingerprint density at radius 1 is 0.371 bits per heavy atom. The molecule has 0 rings (SSSR count). The van der Waals surface area contributed by atoms with E-state index in [9.17, 15) is 14.7 Å². The summed E-state index contributed by atoms with van der Waals surface area (Å²) in [6.45, 7) is 4.11. The minimum absolute atomic E-state index is 0.0708. The van der Waals surface area contributed by atoms with Crippen LogP contribution in [0.3, 0.4) is 0 Å². The molecule has 5 nitrogen and oxygen atoms in total. The van der Waals surface area contributed by atoms with Gasteiger partial charge in [-0.2, -0.15) is 0 Å². The molecule has 1 N–H and O–H groups in total. The highest BCUT2D eigenvalue weighted by atomic mass is 16.6. The molecule has 0 fully saturated rings. The normalized spacial score (nSPS) is 12.6. The maximum Gasteiger partial charge on any atom is 0.306 e. The van der Waals surface area contributed by atoms with Gasteiger partial charge in [0.2, 0.25) is 0 Å². The van der Waals surface area contributed by atoms with E-state index >= 15 is 0 Å². The predicted octanol–water partition coefficient (Wildman–Crippen LogP) is 17.9. The van der Waals surface area contributed by atoms with Crippen LogP contribution in [0.1, 0.15) is 271 Å². The van der Waals surface area contributed by atoms with Gasteiger partial charge in [0.1, 0.15) is 6.61 Å². The van der Waals surface area contributed by atoms with Crippen LogP contribution in [0.5, 0.6) is 0 Å². The molecule has 0 aliphatic heterocycles. The summed E-state index contributed by atoms with van der Waals surface area (Å²) in [5, 5.41) is 9.63. The maximum absolute atomic E-state index is 12.3. The molecule has 0 amide bonds. The van der Waals surface area contributed by atoms with E-state index in [0.717, 1.165) is 64.2 Å². The minimum atomic E-state index is -0.780. The predicted molar refractivity (Wildman–Crippen MR) is 270 cm³/mol. The van der Waals surface area contributed by atoms with E-state index in [2.05, 4.69) is 74.6 Å². The largest absolute Gasteiger partial charge is 0.462 e. The van der Waals surface area contributed by atoms with Gasteiger partial charge >= 0.3 is 11.9 Å². The van der Waals surface area contributed by atoms with Crippen molar-refractivity contribution in [3.05, 3.63) is 60.8 Å². The molecule has 1 unspecified atom stereocenters. The first kappa shape index (κ1) is 59.6. The van der Waals surface area contributed by atoms with Gasteiger partial charge in [0, 0.05) is 12.8 Å². The standard InChI is InChI=1S/C57H102O5/c1-3-5-7-9-11-13-15-17-19-21-23-24-25-26-27-28-29-30-31-32-34-35-37-39-41-43-45-47-49-51-56(59)61-54-55(53-58)62-57(60)52-50-48-46-44-42-40-38-36-33-22-20-18-16-14-12-10-8-6-4-2/h12,14-15,17-18,20-21,23,33,36,55,58H,3-11,13,16,19,22,24-32,34-35,37-54H2,1-2H3/b14-12-,17-15-,20-18-,23-21-,36-33-. The lowest BCUT2D eigenvalue weighted by molar-refractivity contribution is -0.161. The number of esters is 2. The number of ether oxygens (including phenoxy) is 2. The zero-order valence-corrected chi connectivity index (χ0v) is 41.1. The number of aliphatic hydroxyl groups is 1. The molecule has 0 bridgehead atoms. The fraction of sp³-hybridized carbons (Fsp3) is 0.789. The van der Waals surface area contributed by atoms with Crippen LogP contribution in [0, 0.1) is 0 Å². The van der Waals surface area contributed by atoms with E-state index in [1.807, 2.05) is 0 Å². The molecule has 360 valence electrons. The smallest absolute Gasteiger partial charge is 0.306 e. The third-order valence-electron chi connectivity index (χ3n) is 11.8. The first-order chi connectivity index (χ1) is 30.6. The van der Waals surface area contributed by atoms with Crippen molar-refractivity contribution in [3.8, 4) is 0 Å². The van der Waals surface area contributed by atoms with Crippen molar-refractivity contribution in [2.45, 2.75) is 277 Å². The van der Waals surface area contributed by atoms with Crippen molar-refractivity contribution >= 4 is 11.9 Å². The molecule has 0 radical (unpaired) electrons. The molecule has 0 spiro atoms. The summed E-state index contributed by atoms with van der Waals surface area (Å²) in [6, 6.07) is 0. The highest BCUT2D eigenvalue weighted by molar-refractivity contribution is 5.70. The molecule has 0 aromatic carbocycles. The molecule has 0 aliphatic rings. The van der Waals surface area contributed by atoms with Gasteiger partial charge in [-0.15, -0.1) is 0 Å². The Kier molecular flexibility index (Phi) is 50.9. The monoisotopic (exact) mass is 867 g/mol. The van der Waals surface area contributed by atoms with Crippen LogP contribution in [0.4, 0.5) is 0 Å². The first-order valence-electron chi connectivity index (χ1n) is 26.8. The molecule has 0 saturated carbocycles. The topological polar surface area (TPSA) is 72.8 Å². The molecule has 0 aromatic heterocycles. The van der Waals surface area contributed by atoms with Crippen LogP contribution < -0.4 is 0 Å². The van der Waals surface area contributed by atoms with Crippen LogP contribution in [-0.4, -0.2) is 36.4 Å². The first-order valence-corrected chi connectivity index (χ1v) is 26.8. The van der Waals surface area contributed by atoms with Crippen molar-refractivity contribution in [2.24, 2.45) is 0 Å². The van der Waals surface area contributed by atoms with Gasteiger partial charge < -0.3 is 14.6 Å². The summed E-state index contributed by atoms with van der Waals surface area (Å²) >= 11 is 0. The summed E-state index contributed by atoms with van der Waals surface area (Å²) in [5.41, 5.74) is 0. The summed E-state index contributed by atoms with van der Waals surface area (Å²) < 4.78 is 10.7. The molecule has 0 aromatic rings. The van der Waals surface area contributed by atoms with Crippen LogP contribution >= 0.6 is 0 Å². The molecular weight excluding hydrogens is 765 g/mol. The third kappa shape index (κ3) is 50.2. The summed E-state index contributed by atoms with van der Waals surface area (Å²) in [6.07, 6.45) is 70.4. The van der Waals surface area contributed by atoms with Crippen LogP contribution in [-0.2, 0) is 19.1 Å². The van der Waals surface area contributed by atoms with Gasteiger partial charge in [0.05, 0.1) is 6.61 Å². The summed E-state index contributed by atoms with van der Waals surface area (Å²) in [4.78, 5) is 24.5. The minimum Gasteiger partial charge on any atom is -0.462 e. The lowest BCUT2D eigenvalue weighted by atomic mass is 10.0. The highest BCUT2D eigenvalue weighted by Crippen LogP contribution is 2.16.